The molecular weight excluding hydrogens is 324 g/mol. The van der Waals surface area contributed by atoms with Crippen LogP contribution in [0.4, 0.5) is 11.4 Å². The van der Waals surface area contributed by atoms with Crippen LogP contribution >= 0.6 is 0 Å². The number of anilines is 1. The van der Waals surface area contributed by atoms with Crippen LogP contribution in [-0.4, -0.2) is 37.4 Å². The SMILES string of the molecule is Cc1ccc(C(=O)COC(=O)c2ccc(N(C)C)cc2)cc1[N+](=O)[O-]. The van der Waals surface area contributed by atoms with E-state index in [-0.39, 0.29) is 11.3 Å². The molecule has 0 saturated heterocycles. The zero-order chi connectivity index (χ0) is 18.6. The van der Waals surface area contributed by atoms with Crippen LogP contribution in [0.15, 0.2) is 42.5 Å². The van der Waals surface area contributed by atoms with Gasteiger partial charge in [-0.1, -0.05) is 12.1 Å². The van der Waals surface area contributed by atoms with Gasteiger partial charge in [-0.05, 0) is 31.2 Å². The highest BCUT2D eigenvalue weighted by atomic mass is 16.6. The topological polar surface area (TPSA) is 89.8 Å². The molecule has 0 aliphatic rings. The lowest BCUT2D eigenvalue weighted by atomic mass is 10.1. The maximum atomic E-state index is 12.1. The minimum atomic E-state index is -0.625. The number of carbonyl (C=O) groups excluding carboxylic acids is 2. The fourth-order valence-corrected chi connectivity index (χ4v) is 2.17. The van der Waals surface area contributed by atoms with E-state index in [9.17, 15) is 19.7 Å². The van der Waals surface area contributed by atoms with Gasteiger partial charge in [0, 0.05) is 37.0 Å². The Kier molecular flexibility index (Phi) is 5.49. The van der Waals surface area contributed by atoms with Crippen molar-refractivity contribution in [2.45, 2.75) is 6.92 Å². The van der Waals surface area contributed by atoms with Gasteiger partial charge in [-0.15, -0.1) is 0 Å². The number of nitro groups is 1. The van der Waals surface area contributed by atoms with Gasteiger partial charge in [-0.3, -0.25) is 14.9 Å². The number of nitro benzene ring substituents is 1. The van der Waals surface area contributed by atoms with Gasteiger partial charge >= 0.3 is 5.97 Å². The van der Waals surface area contributed by atoms with Gasteiger partial charge in [0.15, 0.2) is 6.61 Å². The smallest absolute Gasteiger partial charge is 0.338 e. The summed E-state index contributed by atoms with van der Waals surface area (Å²) in [6.45, 7) is 1.11. The number of aryl methyl sites for hydroxylation is 1. The Morgan fingerprint density at radius 2 is 1.68 bits per heavy atom. The highest BCUT2D eigenvalue weighted by Crippen LogP contribution is 2.20. The third-order valence-electron chi connectivity index (χ3n) is 3.68. The first-order valence-corrected chi connectivity index (χ1v) is 7.52. The van der Waals surface area contributed by atoms with Crippen molar-refractivity contribution in [3.8, 4) is 0 Å². The van der Waals surface area contributed by atoms with Crippen molar-refractivity contribution in [2.75, 3.05) is 25.6 Å². The minimum Gasteiger partial charge on any atom is -0.454 e. The number of esters is 1. The fraction of sp³-hybridized carbons (Fsp3) is 0.222. The summed E-state index contributed by atoms with van der Waals surface area (Å²) in [6.07, 6.45) is 0. The second-order valence-corrected chi connectivity index (χ2v) is 5.70. The summed E-state index contributed by atoms with van der Waals surface area (Å²) in [6, 6.07) is 10.9. The molecule has 2 aromatic carbocycles. The Morgan fingerprint density at radius 1 is 1.08 bits per heavy atom. The average Bonchev–Trinajstić information content (AvgIpc) is 2.59. The zero-order valence-electron chi connectivity index (χ0n) is 14.2. The van der Waals surface area contributed by atoms with E-state index in [1.165, 1.54) is 18.2 Å². The van der Waals surface area contributed by atoms with Crippen molar-refractivity contribution in [2.24, 2.45) is 0 Å². The Labute approximate surface area is 145 Å². The van der Waals surface area contributed by atoms with Crippen LogP contribution in [0.1, 0.15) is 26.3 Å². The lowest BCUT2D eigenvalue weighted by Crippen LogP contribution is -2.15. The van der Waals surface area contributed by atoms with Crippen LogP contribution in [-0.2, 0) is 4.74 Å². The molecule has 0 spiro atoms. The van der Waals surface area contributed by atoms with Crippen LogP contribution in [0.25, 0.3) is 0 Å². The molecule has 0 atom stereocenters. The van der Waals surface area contributed by atoms with Crippen molar-refractivity contribution in [3.05, 3.63) is 69.3 Å². The van der Waals surface area contributed by atoms with Crippen molar-refractivity contribution >= 4 is 23.1 Å². The van der Waals surface area contributed by atoms with Crippen LogP contribution in [0.2, 0.25) is 0 Å². The molecule has 0 heterocycles. The second kappa shape index (κ2) is 7.57. The number of hydrogen-bond acceptors (Lipinski definition) is 6. The van der Waals surface area contributed by atoms with E-state index in [1.54, 1.807) is 31.2 Å². The number of carbonyl (C=O) groups is 2. The molecule has 0 unspecified atom stereocenters. The van der Waals surface area contributed by atoms with Gasteiger partial charge in [0.05, 0.1) is 10.5 Å². The molecule has 0 amide bonds. The second-order valence-electron chi connectivity index (χ2n) is 5.70. The standard InChI is InChI=1S/C18H18N2O5/c1-12-4-5-14(10-16(12)20(23)24)17(21)11-25-18(22)13-6-8-15(9-7-13)19(2)3/h4-10H,11H2,1-3H3. The van der Waals surface area contributed by atoms with Crippen molar-refractivity contribution < 1.29 is 19.2 Å². The molecule has 0 aromatic heterocycles. The maximum Gasteiger partial charge on any atom is 0.338 e. The van der Waals surface area contributed by atoms with Crippen molar-refractivity contribution in [3.63, 3.8) is 0 Å². The van der Waals surface area contributed by atoms with E-state index in [0.717, 1.165) is 5.69 Å². The molecule has 7 nitrogen and oxygen atoms in total. The van der Waals surface area contributed by atoms with E-state index in [1.807, 2.05) is 19.0 Å². The van der Waals surface area contributed by atoms with Gasteiger partial charge in [-0.25, -0.2) is 4.79 Å². The predicted molar refractivity (Wildman–Crippen MR) is 93.2 cm³/mol. The highest BCUT2D eigenvalue weighted by Gasteiger charge is 2.17. The van der Waals surface area contributed by atoms with Gasteiger partial charge in [-0.2, -0.15) is 0 Å². The first kappa shape index (κ1) is 18.1. The van der Waals surface area contributed by atoms with Gasteiger partial charge in [0.1, 0.15) is 0 Å². The largest absolute Gasteiger partial charge is 0.454 e. The summed E-state index contributed by atoms with van der Waals surface area (Å²) < 4.78 is 5.00. The monoisotopic (exact) mass is 342 g/mol. The molecule has 2 aromatic rings. The van der Waals surface area contributed by atoms with Crippen LogP contribution in [0, 0.1) is 17.0 Å². The molecule has 0 radical (unpaired) electrons. The maximum absolute atomic E-state index is 12.1. The lowest BCUT2D eigenvalue weighted by Gasteiger charge is -2.12. The van der Waals surface area contributed by atoms with Gasteiger partial charge < -0.3 is 9.64 Å². The molecule has 25 heavy (non-hydrogen) atoms. The van der Waals surface area contributed by atoms with Crippen molar-refractivity contribution in [1.29, 1.82) is 0 Å². The number of benzene rings is 2. The predicted octanol–water partition coefficient (Wildman–Crippen LogP) is 3.01. The average molecular weight is 342 g/mol. The van der Waals surface area contributed by atoms with Crippen LogP contribution < -0.4 is 4.90 Å². The Bertz CT molecular complexity index is 813. The third-order valence-corrected chi connectivity index (χ3v) is 3.68. The highest BCUT2D eigenvalue weighted by molar-refractivity contribution is 6.00. The summed E-state index contributed by atoms with van der Waals surface area (Å²) >= 11 is 0. The molecule has 0 fully saturated rings. The van der Waals surface area contributed by atoms with Crippen LogP contribution in [0.5, 0.6) is 0 Å². The molecule has 0 aliphatic carbocycles. The number of rotatable bonds is 6. The Morgan fingerprint density at radius 3 is 2.24 bits per heavy atom. The Hall–Kier alpha value is -3.22. The summed E-state index contributed by atoms with van der Waals surface area (Å²) in [7, 11) is 3.76. The van der Waals surface area contributed by atoms with E-state index < -0.39 is 23.3 Å². The van der Waals surface area contributed by atoms with E-state index >= 15 is 0 Å². The summed E-state index contributed by atoms with van der Waals surface area (Å²) in [5.74, 6) is -1.12. The summed E-state index contributed by atoms with van der Waals surface area (Å²) in [5.41, 5.74) is 1.71. The number of ether oxygens (including phenoxy) is 1. The lowest BCUT2D eigenvalue weighted by molar-refractivity contribution is -0.385. The van der Waals surface area contributed by atoms with E-state index in [4.69, 9.17) is 4.74 Å². The van der Waals surface area contributed by atoms with Crippen molar-refractivity contribution in [1.82, 2.24) is 0 Å². The molecule has 0 saturated carbocycles. The van der Waals surface area contributed by atoms with Crippen LogP contribution in [0.3, 0.4) is 0 Å². The Balaban J connectivity index is 2.03. The quantitative estimate of drug-likeness (QED) is 0.347. The molecule has 0 aliphatic heterocycles. The first-order valence-electron chi connectivity index (χ1n) is 7.52. The van der Waals surface area contributed by atoms with Gasteiger partial charge in [0.25, 0.3) is 5.69 Å². The van der Waals surface area contributed by atoms with E-state index in [0.29, 0.717) is 11.1 Å². The number of nitrogens with zero attached hydrogens (tertiary/aromatic N) is 2. The van der Waals surface area contributed by atoms with Gasteiger partial charge in [0.2, 0.25) is 5.78 Å². The zero-order valence-corrected chi connectivity index (χ0v) is 14.2. The first-order chi connectivity index (χ1) is 11.8. The summed E-state index contributed by atoms with van der Waals surface area (Å²) in [5, 5.41) is 10.9. The molecule has 2 rings (SSSR count). The molecule has 130 valence electrons. The summed E-state index contributed by atoms with van der Waals surface area (Å²) in [4.78, 5) is 36.4. The minimum absolute atomic E-state index is 0.132. The fourth-order valence-electron chi connectivity index (χ4n) is 2.17. The molecule has 0 N–H and O–H groups in total. The molecule has 7 heteroatoms. The third kappa shape index (κ3) is 4.41. The number of ketones is 1. The number of Topliss-reactive ketones (excluding diaryl/α,β-unsaturated/α-hetero) is 1. The molecule has 0 bridgehead atoms. The number of hydrogen-bond donors (Lipinski definition) is 0. The molecular formula is C18H18N2O5. The normalized spacial score (nSPS) is 10.2. The van der Waals surface area contributed by atoms with E-state index in [2.05, 4.69) is 0 Å².